The first-order valence-corrected chi connectivity index (χ1v) is 7.05. The molecule has 1 aromatic rings. The zero-order valence-electron chi connectivity index (χ0n) is 10.1. The van der Waals surface area contributed by atoms with Crippen molar-refractivity contribution >= 4 is 27.6 Å². The summed E-state index contributed by atoms with van der Waals surface area (Å²) in [4.78, 5) is 13.4. The monoisotopic (exact) mass is 312 g/mol. The number of fused-ring (bicyclic) bond motifs is 1. The first-order valence-electron chi connectivity index (χ1n) is 6.25. The second-order valence-electron chi connectivity index (χ2n) is 4.78. The molecule has 0 bridgehead atoms. The van der Waals surface area contributed by atoms with Gasteiger partial charge in [-0.1, -0.05) is 0 Å². The van der Waals surface area contributed by atoms with Crippen molar-refractivity contribution in [2.45, 2.75) is 18.9 Å². The quantitative estimate of drug-likeness (QED) is 0.622. The van der Waals surface area contributed by atoms with Crippen LogP contribution in [0.3, 0.4) is 0 Å². The van der Waals surface area contributed by atoms with E-state index in [2.05, 4.69) is 41.1 Å². The summed E-state index contributed by atoms with van der Waals surface area (Å²) >= 11 is 3.53. The molecule has 7 heteroatoms. The van der Waals surface area contributed by atoms with Crippen molar-refractivity contribution in [2.24, 2.45) is 5.84 Å². The zero-order chi connectivity index (χ0) is 12.5. The molecule has 3 N–H and O–H groups in total. The van der Waals surface area contributed by atoms with E-state index < -0.39 is 0 Å². The number of anilines is 2. The molecule has 1 unspecified atom stereocenters. The van der Waals surface area contributed by atoms with Gasteiger partial charge in [0.05, 0.1) is 0 Å². The van der Waals surface area contributed by atoms with Crippen LogP contribution >= 0.6 is 15.9 Å². The molecule has 2 aliphatic rings. The average molecular weight is 313 g/mol. The standard InChI is InChI=1S/C11H17BrN6/c12-9-10(16-13)14-7-15-11(9)18-5-4-17-3-1-2-8(17)6-18/h7-8H,1-6,13H2,(H,14,15,16). The summed E-state index contributed by atoms with van der Waals surface area (Å²) in [6.07, 6.45) is 4.16. The van der Waals surface area contributed by atoms with Gasteiger partial charge in [0.1, 0.15) is 16.6 Å². The number of aromatic nitrogens is 2. The number of nitrogens with zero attached hydrogens (tertiary/aromatic N) is 4. The van der Waals surface area contributed by atoms with Gasteiger partial charge >= 0.3 is 0 Å². The van der Waals surface area contributed by atoms with Crippen molar-refractivity contribution in [1.82, 2.24) is 14.9 Å². The summed E-state index contributed by atoms with van der Waals surface area (Å²) in [7, 11) is 0. The topological polar surface area (TPSA) is 70.3 Å². The summed E-state index contributed by atoms with van der Waals surface area (Å²) in [5, 5.41) is 0. The van der Waals surface area contributed by atoms with E-state index in [-0.39, 0.29) is 0 Å². The number of nitrogens with two attached hydrogens (primary N) is 1. The Hall–Kier alpha value is -0.920. The maximum atomic E-state index is 5.44. The first kappa shape index (κ1) is 12.1. The molecular formula is C11H17BrN6. The summed E-state index contributed by atoms with van der Waals surface area (Å²) in [5.41, 5.74) is 2.59. The molecule has 98 valence electrons. The number of rotatable bonds is 2. The maximum absolute atomic E-state index is 5.44. The van der Waals surface area contributed by atoms with Gasteiger partial charge in [-0.3, -0.25) is 4.90 Å². The lowest BCUT2D eigenvalue weighted by atomic mass is 10.1. The number of piperazine rings is 1. The summed E-state index contributed by atoms with van der Waals surface area (Å²) < 4.78 is 0.846. The Morgan fingerprint density at radius 1 is 1.33 bits per heavy atom. The van der Waals surface area contributed by atoms with Gasteiger partial charge in [0.25, 0.3) is 0 Å². The van der Waals surface area contributed by atoms with E-state index in [9.17, 15) is 0 Å². The predicted molar refractivity (Wildman–Crippen MR) is 74.4 cm³/mol. The fourth-order valence-electron chi connectivity index (χ4n) is 2.87. The Balaban J connectivity index is 1.82. The molecule has 6 nitrogen and oxygen atoms in total. The van der Waals surface area contributed by atoms with Gasteiger partial charge in [0.15, 0.2) is 5.82 Å². The third-order valence-corrected chi connectivity index (χ3v) is 4.52. The van der Waals surface area contributed by atoms with Gasteiger partial charge in [0, 0.05) is 25.7 Å². The molecule has 3 heterocycles. The molecule has 2 saturated heterocycles. The van der Waals surface area contributed by atoms with Gasteiger partial charge in [-0.15, -0.1) is 0 Å². The van der Waals surface area contributed by atoms with Crippen LogP contribution in [0.5, 0.6) is 0 Å². The maximum Gasteiger partial charge on any atom is 0.159 e. The predicted octanol–water partition coefficient (Wildman–Crippen LogP) is 0.809. The second kappa shape index (κ2) is 4.99. The van der Waals surface area contributed by atoms with Crippen molar-refractivity contribution in [3.63, 3.8) is 0 Å². The molecule has 0 saturated carbocycles. The first-order chi connectivity index (χ1) is 8.79. The van der Waals surface area contributed by atoms with Crippen LogP contribution in [0.2, 0.25) is 0 Å². The van der Waals surface area contributed by atoms with Gasteiger partial charge < -0.3 is 10.3 Å². The van der Waals surface area contributed by atoms with E-state index in [1.54, 1.807) is 6.33 Å². The molecule has 0 amide bonds. The number of halogens is 1. The van der Waals surface area contributed by atoms with Gasteiger partial charge in [-0.2, -0.15) is 0 Å². The molecule has 0 radical (unpaired) electrons. The molecule has 2 aliphatic heterocycles. The molecular weight excluding hydrogens is 296 g/mol. The van der Waals surface area contributed by atoms with Crippen LogP contribution in [0.4, 0.5) is 11.6 Å². The minimum absolute atomic E-state index is 0.633. The van der Waals surface area contributed by atoms with Crippen molar-refractivity contribution in [2.75, 3.05) is 36.5 Å². The molecule has 18 heavy (non-hydrogen) atoms. The minimum atomic E-state index is 0.633. The smallest absolute Gasteiger partial charge is 0.159 e. The van der Waals surface area contributed by atoms with Crippen molar-refractivity contribution < 1.29 is 0 Å². The Kier molecular flexibility index (Phi) is 3.36. The molecule has 0 aromatic carbocycles. The largest absolute Gasteiger partial charge is 0.353 e. The average Bonchev–Trinajstić information content (AvgIpc) is 2.86. The fraction of sp³-hybridized carbons (Fsp3) is 0.636. The molecule has 0 spiro atoms. The van der Waals surface area contributed by atoms with Crippen LogP contribution < -0.4 is 16.2 Å². The lowest BCUT2D eigenvalue weighted by Crippen LogP contribution is -2.50. The second-order valence-corrected chi connectivity index (χ2v) is 5.58. The number of hydrazine groups is 1. The SMILES string of the molecule is NNc1ncnc(N2CCN3CCCC3C2)c1Br. The van der Waals surface area contributed by atoms with Crippen molar-refractivity contribution in [3.05, 3.63) is 10.8 Å². The molecule has 3 rings (SSSR count). The highest BCUT2D eigenvalue weighted by Crippen LogP contribution is 2.31. The van der Waals surface area contributed by atoms with Crippen LogP contribution in [-0.2, 0) is 0 Å². The van der Waals surface area contributed by atoms with Gasteiger partial charge in [-0.05, 0) is 35.3 Å². The molecule has 1 atom stereocenters. The number of hydrogen-bond acceptors (Lipinski definition) is 6. The minimum Gasteiger partial charge on any atom is -0.353 e. The molecule has 0 aliphatic carbocycles. The number of nitrogen functional groups attached to an aromatic ring is 1. The van der Waals surface area contributed by atoms with Crippen molar-refractivity contribution in [1.29, 1.82) is 0 Å². The van der Waals surface area contributed by atoms with Gasteiger partial charge in [0.2, 0.25) is 0 Å². The van der Waals surface area contributed by atoms with E-state index in [4.69, 9.17) is 5.84 Å². The summed E-state index contributed by atoms with van der Waals surface area (Å²) in [6.45, 7) is 4.42. The molecule has 1 aromatic heterocycles. The summed E-state index contributed by atoms with van der Waals surface area (Å²) in [5.74, 6) is 7.01. The van der Waals surface area contributed by atoms with Crippen LogP contribution in [0.1, 0.15) is 12.8 Å². The van der Waals surface area contributed by atoms with E-state index >= 15 is 0 Å². The highest BCUT2D eigenvalue weighted by molar-refractivity contribution is 9.10. The third-order valence-electron chi connectivity index (χ3n) is 3.79. The molecule has 2 fully saturated rings. The number of hydrogen-bond donors (Lipinski definition) is 2. The van der Waals surface area contributed by atoms with E-state index in [1.807, 2.05) is 0 Å². The van der Waals surface area contributed by atoms with Crippen molar-refractivity contribution in [3.8, 4) is 0 Å². The lowest BCUT2D eigenvalue weighted by molar-refractivity contribution is 0.230. The Morgan fingerprint density at radius 2 is 2.22 bits per heavy atom. The Labute approximate surface area is 115 Å². The van der Waals surface area contributed by atoms with Crippen LogP contribution in [0.15, 0.2) is 10.8 Å². The Morgan fingerprint density at radius 3 is 3.06 bits per heavy atom. The van der Waals surface area contributed by atoms with E-state index in [0.29, 0.717) is 11.9 Å². The van der Waals surface area contributed by atoms with Crippen LogP contribution in [-0.4, -0.2) is 47.1 Å². The van der Waals surface area contributed by atoms with Crippen LogP contribution in [0.25, 0.3) is 0 Å². The third kappa shape index (κ3) is 2.06. The van der Waals surface area contributed by atoms with E-state index in [0.717, 1.165) is 29.9 Å². The van der Waals surface area contributed by atoms with Crippen LogP contribution in [0, 0.1) is 0 Å². The Bertz CT molecular complexity index is 440. The number of nitrogens with one attached hydrogen (secondary N) is 1. The highest BCUT2D eigenvalue weighted by atomic mass is 79.9. The lowest BCUT2D eigenvalue weighted by Gasteiger charge is -2.38. The van der Waals surface area contributed by atoms with Gasteiger partial charge in [-0.25, -0.2) is 15.8 Å². The fourth-order valence-corrected chi connectivity index (χ4v) is 3.44. The highest BCUT2D eigenvalue weighted by Gasteiger charge is 2.31. The normalized spacial score (nSPS) is 24.1. The van der Waals surface area contributed by atoms with E-state index in [1.165, 1.54) is 19.4 Å². The summed E-state index contributed by atoms with van der Waals surface area (Å²) in [6, 6.07) is 0.676. The zero-order valence-corrected chi connectivity index (χ0v) is 11.7.